The molecule has 0 saturated heterocycles. The van der Waals surface area contributed by atoms with Crippen molar-refractivity contribution in [1.82, 2.24) is 0 Å². The zero-order valence-electron chi connectivity index (χ0n) is 9.32. The van der Waals surface area contributed by atoms with Crippen LogP contribution in [0.4, 0.5) is 0 Å². The van der Waals surface area contributed by atoms with Gasteiger partial charge in [0.2, 0.25) is 0 Å². The van der Waals surface area contributed by atoms with E-state index in [1.807, 2.05) is 0 Å². The van der Waals surface area contributed by atoms with E-state index in [9.17, 15) is 14.4 Å². The number of hydrogen-bond acceptors (Lipinski definition) is 5. The summed E-state index contributed by atoms with van der Waals surface area (Å²) in [6, 6.07) is 0. The minimum absolute atomic E-state index is 0.0741. The Morgan fingerprint density at radius 2 is 1.62 bits per heavy atom. The summed E-state index contributed by atoms with van der Waals surface area (Å²) in [6.45, 7) is 3.70. The molecule has 1 atom stereocenters. The van der Waals surface area contributed by atoms with Crippen LogP contribution in [-0.2, 0) is 23.9 Å². The van der Waals surface area contributed by atoms with Crippen molar-refractivity contribution < 1.29 is 23.9 Å². The van der Waals surface area contributed by atoms with Crippen molar-refractivity contribution in [3.05, 3.63) is 0 Å². The van der Waals surface area contributed by atoms with Crippen molar-refractivity contribution in [1.29, 1.82) is 0 Å². The summed E-state index contributed by atoms with van der Waals surface area (Å²) in [7, 11) is 0. The zero-order valence-corrected chi connectivity index (χ0v) is 10.1. The Hall–Kier alpha value is -1.10. The van der Waals surface area contributed by atoms with E-state index in [-0.39, 0.29) is 26.1 Å². The highest BCUT2D eigenvalue weighted by Gasteiger charge is 2.25. The lowest BCUT2D eigenvalue weighted by Crippen LogP contribution is -2.27. The molecule has 0 radical (unpaired) electrons. The molecule has 0 aromatic carbocycles. The summed E-state index contributed by atoms with van der Waals surface area (Å²) >= 11 is 5.54. The van der Waals surface area contributed by atoms with Gasteiger partial charge in [-0.15, -0.1) is 11.6 Å². The second-order valence-electron chi connectivity index (χ2n) is 2.89. The smallest absolute Gasteiger partial charge is 0.331 e. The van der Waals surface area contributed by atoms with Gasteiger partial charge in [0.15, 0.2) is 11.2 Å². The van der Waals surface area contributed by atoms with Gasteiger partial charge in [-0.05, 0) is 13.8 Å². The van der Waals surface area contributed by atoms with Crippen LogP contribution in [0.1, 0.15) is 26.7 Å². The molecule has 0 aliphatic rings. The average Bonchev–Trinajstić information content (AvgIpc) is 2.25. The molecule has 0 aromatic rings. The van der Waals surface area contributed by atoms with E-state index in [4.69, 9.17) is 11.6 Å². The summed E-state index contributed by atoms with van der Waals surface area (Å²) in [5.41, 5.74) is 0. The van der Waals surface area contributed by atoms with Crippen LogP contribution in [0.3, 0.4) is 0 Å². The van der Waals surface area contributed by atoms with E-state index < -0.39 is 23.1 Å². The minimum Gasteiger partial charge on any atom is -0.466 e. The summed E-state index contributed by atoms with van der Waals surface area (Å²) in [6.07, 6.45) is -0.193. The summed E-state index contributed by atoms with van der Waals surface area (Å²) in [4.78, 5) is 33.3. The van der Waals surface area contributed by atoms with Gasteiger partial charge >= 0.3 is 11.9 Å². The molecule has 0 N–H and O–H groups in total. The second-order valence-corrected chi connectivity index (χ2v) is 3.32. The van der Waals surface area contributed by atoms with Gasteiger partial charge in [-0.2, -0.15) is 0 Å². The molecule has 0 rings (SSSR count). The molecule has 0 aliphatic heterocycles. The molecule has 0 spiro atoms. The molecule has 0 aromatic heterocycles. The highest BCUT2D eigenvalue weighted by Crippen LogP contribution is 2.06. The number of hydrogen-bond donors (Lipinski definition) is 0. The molecule has 16 heavy (non-hydrogen) atoms. The van der Waals surface area contributed by atoms with Gasteiger partial charge in [-0.25, -0.2) is 4.79 Å². The number of ketones is 1. The van der Waals surface area contributed by atoms with Crippen molar-refractivity contribution in [2.24, 2.45) is 0 Å². The first-order valence-electron chi connectivity index (χ1n) is 5.01. The first-order chi connectivity index (χ1) is 7.52. The predicted octanol–water partition coefficient (Wildman–Crippen LogP) is 1.07. The quantitative estimate of drug-likeness (QED) is 0.384. The van der Waals surface area contributed by atoms with Gasteiger partial charge in [0.1, 0.15) is 0 Å². The van der Waals surface area contributed by atoms with Crippen LogP contribution in [0.15, 0.2) is 0 Å². The van der Waals surface area contributed by atoms with Crippen LogP contribution in [0.25, 0.3) is 0 Å². The molecule has 0 aliphatic carbocycles. The van der Waals surface area contributed by atoms with Gasteiger partial charge in [-0.3, -0.25) is 9.59 Å². The van der Waals surface area contributed by atoms with Gasteiger partial charge in [0.25, 0.3) is 0 Å². The molecule has 0 bridgehead atoms. The minimum atomic E-state index is -1.34. The molecular weight excluding hydrogens is 236 g/mol. The molecule has 0 heterocycles. The fraction of sp³-hybridized carbons (Fsp3) is 0.700. The van der Waals surface area contributed by atoms with Crippen LogP contribution >= 0.6 is 11.6 Å². The second kappa shape index (κ2) is 8.10. The van der Waals surface area contributed by atoms with E-state index in [2.05, 4.69) is 9.47 Å². The maximum Gasteiger partial charge on any atom is 0.331 e. The maximum atomic E-state index is 11.3. The van der Waals surface area contributed by atoms with Crippen LogP contribution in [0, 0.1) is 0 Å². The van der Waals surface area contributed by atoms with Crippen molar-refractivity contribution in [3.8, 4) is 0 Å². The van der Waals surface area contributed by atoms with Crippen molar-refractivity contribution in [3.63, 3.8) is 0 Å². The Bertz CT molecular complexity index is 264. The Morgan fingerprint density at radius 3 is 2.12 bits per heavy atom. The standard InChI is InChI=1S/C10H15ClO5/c1-3-15-8(13)6-5-7(12)9(11)10(14)16-4-2/h9H,3-6H2,1-2H3. The van der Waals surface area contributed by atoms with Gasteiger partial charge in [-0.1, -0.05) is 0 Å². The molecule has 5 nitrogen and oxygen atoms in total. The van der Waals surface area contributed by atoms with E-state index in [1.54, 1.807) is 13.8 Å². The van der Waals surface area contributed by atoms with Crippen LogP contribution in [0.5, 0.6) is 0 Å². The third kappa shape index (κ3) is 5.70. The molecule has 0 fully saturated rings. The van der Waals surface area contributed by atoms with Crippen molar-refractivity contribution in [2.45, 2.75) is 32.1 Å². The van der Waals surface area contributed by atoms with Crippen LogP contribution < -0.4 is 0 Å². The van der Waals surface area contributed by atoms with E-state index >= 15 is 0 Å². The normalized spacial score (nSPS) is 11.7. The lowest BCUT2D eigenvalue weighted by Gasteiger charge is -2.07. The van der Waals surface area contributed by atoms with Gasteiger partial charge in [0, 0.05) is 6.42 Å². The maximum absolute atomic E-state index is 11.3. The Morgan fingerprint density at radius 1 is 1.06 bits per heavy atom. The van der Waals surface area contributed by atoms with Crippen LogP contribution in [0.2, 0.25) is 0 Å². The molecule has 92 valence electrons. The number of ether oxygens (including phenoxy) is 2. The Labute approximate surface area is 99.0 Å². The highest BCUT2D eigenvalue weighted by molar-refractivity contribution is 6.41. The fourth-order valence-corrected chi connectivity index (χ4v) is 1.10. The first-order valence-corrected chi connectivity index (χ1v) is 5.45. The van der Waals surface area contributed by atoms with E-state index in [0.29, 0.717) is 0 Å². The first kappa shape index (κ1) is 14.9. The number of esters is 2. The monoisotopic (exact) mass is 250 g/mol. The van der Waals surface area contributed by atoms with Gasteiger partial charge < -0.3 is 9.47 Å². The van der Waals surface area contributed by atoms with Crippen molar-refractivity contribution >= 4 is 29.3 Å². The number of carbonyl (C=O) groups is 3. The highest BCUT2D eigenvalue weighted by atomic mass is 35.5. The number of Topliss-reactive ketones (excluding diaryl/α,β-unsaturated/α-hetero) is 1. The summed E-state index contributed by atoms with van der Waals surface area (Å²) in [5, 5.41) is -1.34. The lowest BCUT2D eigenvalue weighted by molar-refractivity contribution is -0.147. The van der Waals surface area contributed by atoms with Crippen LogP contribution in [-0.4, -0.2) is 36.3 Å². The zero-order chi connectivity index (χ0) is 12.6. The number of rotatable bonds is 7. The Kier molecular flexibility index (Phi) is 7.54. The van der Waals surface area contributed by atoms with Gasteiger partial charge in [0.05, 0.1) is 19.6 Å². The molecule has 0 amide bonds. The van der Waals surface area contributed by atoms with E-state index in [0.717, 1.165) is 0 Å². The fourth-order valence-electron chi connectivity index (χ4n) is 0.932. The Balaban J connectivity index is 3.96. The number of halogens is 1. The lowest BCUT2D eigenvalue weighted by atomic mass is 10.1. The van der Waals surface area contributed by atoms with E-state index in [1.165, 1.54) is 0 Å². The van der Waals surface area contributed by atoms with Crippen molar-refractivity contribution in [2.75, 3.05) is 13.2 Å². The largest absolute Gasteiger partial charge is 0.466 e. The average molecular weight is 251 g/mol. The topological polar surface area (TPSA) is 69.7 Å². The SMILES string of the molecule is CCOC(=O)CCC(=O)C(Cl)C(=O)OCC. The predicted molar refractivity (Wildman–Crippen MR) is 57.1 cm³/mol. The molecular formula is C10H15ClO5. The third-order valence-electron chi connectivity index (χ3n) is 1.66. The number of alkyl halides is 1. The number of carbonyl (C=O) groups excluding carboxylic acids is 3. The third-order valence-corrected chi connectivity index (χ3v) is 2.08. The molecule has 0 saturated carbocycles. The summed E-state index contributed by atoms with van der Waals surface area (Å²) in [5.74, 6) is -1.80. The molecule has 1 unspecified atom stereocenters. The molecule has 6 heteroatoms. The summed E-state index contributed by atoms with van der Waals surface area (Å²) < 4.78 is 9.20.